The van der Waals surface area contributed by atoms with E-state index < -0.39 is 4.92 Å². The van der Waals surface area contributed by atoms with Crippen molar-refractivity contribution >= 4 is 23.0 Å². The van der Waals surface area contributed by atoms with Gasteiger partial charge in [0.25, 0.3) is 11.6 Å². The van der Waals surface area contributed by atoms with Gasteiger partial charge < -0.3 is 15.5 Å². The van der Waals surface area contributed by atoms with Crippen LogP contribution in [0.1, 0.15) is 23.2 Å². The zero-order valence-corrected chi connectivity index (χ0v) is 14.6. The standard InChI is InChI=1S/C19H22N4O3/c1-20-16-8-5-11-22(13-16)19(24)14-9-10-17(18(12-14)23(25)26)21-15-6-3-2-4-7-15/h2-4,6-7,9-10,12,16,20-21H,5,8,11,13H2,1H3. The van der Waals surface area contributed by atoms with Crippen molar-refractivity contribution < 1.29 is 9.72 Å². The minimum atomic E-state index is -0.464. The summed E-state index contributed by atoms with van der Waals surface area (Å²) in [5.74, 6) is -0.167. The van der Waals surface area contributed by atoms with Gasteiger partial charge in [0.1, 0.15) is 5.69 Å². The molecule has 7 nitrogen and oxygen atoms in total. The summed E-state index contributed by atoms with van der Waals surface area (Å²) in [6, 6.07) is 14.1. The molecule has 0 aliphatic carbocycles. The summed E-state index contributed by atoms with van der Waals surface area (Å²) in [6.45, 7) is 1.29. The summed E-state index contributed by atoms with van der Waals surface area (Å²) < 4.78 is 0. The fourth-order valence-electron chi connectivity index (χ4n) is 3.18. The minimum absolute atomic E-state index is 0.109. The fourth-order valence-corrected chi connectivity index (χ4v) is 3.18. The third-order valence-electron chi connectivity index (χ3n) is 4.61. The number of carbonyl (C=O) groups is 1. The number of hydrogen-bond acceptors (Lipinski definition) is 5. The Morgan fingerprint density at radius 2 is 2.00 bits per heavy atom. The van der Waals surface area contributed by atoms with Crippen molar-refractivity contribution in [3.05, 3.63) is 64.2 Å². The van der Waals surface area contributed by atoms with E-state index in [2.05, 4.69) is 10.6 Å². The van der Waals surface area contributed by atoms with Crippen LogP contribution in [0, 0.1) is 10.1 Å². The number of nitro benzene ring substituents is 1. The topological polar surface area (TPSA) is 87.5 Å². The molecule has 1 heterocycles. The van der Waals surface area contributed by atoms with Gasteiger partial charge in [0.15, 0.2) is 0 Å². The van der Waals surface area contributed by atoms with E-state index >= 15 is 0 Å². The van der Waals surface area contributed by atoms with E-state index in [4.69, 9.17) is 0 Å². The van der Waals surface area contributed by atoms with Gasteiger partial charge in [-0.2, -0.15) is 0 Å². The largest absolute Gasteiger partial charge is 0.350 e. The summed E-state index contributed by atoms with van der Waals surface area (Å²) in [5.41, 5.74) is 1.35. The summed E-state index contributed by atoms with van der Waals surface area (Å²) in [5, 5.41) is 17.7. The normalized spacial score (nSPS) is 17.0. The molecule has 1 aliphatic heterocycles. The zero-order valence-electron chi connectivity index (χ0n) is 14.6. The van der Waals surface area contributed by atoms with E-state index in [1.54, 1.807) is 17.0 Å². The lowest BCUT2D eigenvalue weighted by atomic mass is 10.0. The van der Waals surface area contributed by atoms with Gasteiger partial charge in [0.05, 0.1) is 4.92 Å². The highest BCUT2D eigenvalue weighted by Gasteiger charge is 2.25. The second-order valence-corrected chi connectivity index (χ2v) is 6.36. The van der Waals surface area contributed by atoms with Gasteiger partial charge in [-0.15, -0.1) is 0 Å². The number of nitrogens with zero attached hydrogens (tertiary/aromatic N) is 2. The lowest BCUT2D eigenvalue weighted by molar-refractivity contribution is -0.383. The molecule has 1 unspecified atom stereocenters. The Morgan fingerprint density at radius 3 is 2.69 bits per heavy atom. The number of para-hydroxylation sites is 1. The highest BCUT2D eigenvalue weighted by Crippen LogP contribution is 2.29. The molecule has 2 aromatic rings. The average molecular weight is 354 g/mol. The van der Waals surface area contributed by atoms with E-state index in [1.165, 1.54) is 6.07 Å². The number of likely N-dealkylation sites (tertiary alicyclic amines) is 1. The molecule has 0 bridgehead atoms. The monoisotopic (exact) mass is 354 g/mol. The molecular weight excluding hydrogens is 332 g/mol. The number of rotatable bonds is 5. The summed E-state index contributed by atoms with van der Waals surface area (Å²) in [7, 11) is 1.88. The van der Waals surface area contributed by atoms with Crippen LogP contribution in [-0.4, -0.2) is 41.9 Å². The molecule has 1 fully saturated rings. The van der Waals surface area contributed by atoms with Gasteiger partial charge >= 0.3 is 0 Å². The van der Waals surface area contributed by atoms with Crippen molar-refractivity contribution in [3.8, 4) is 0 Å². The molecule has 0 saturated carbocycles. The van der Waals surface area contributed by atoms with Gasteiger partial charge in [0, 0.05) is 36.4 Å². The number of amides is 1. The Labute approximate surface area is 152 Å². The van der Waals surface area contributed by atoms with Crippen molar-refractivity contribution in [2.75, 3.05) is 25.5 Å². The van der Waals surface area contributed by atoms with Gasteiger partial charge in [-0.05, 0) is 44.2 Å². The number of piperidine rings is 1. The van der Waals surface area contributed by atoms with Gasteiger partial charge in [0.2, 0.25) is 0 Å². The van der Waals surface area contributed by atoms with Crippen LogP contribution in [0.5, 0.6) is 0 Å². The number of nitrogens with one attached hydrogen (secondary N) is 2. The second kappa shape index (κ2) is 7.97. The zero-order chi connectivity index (χ0) is 18.5. The first-order valence-corrected chi connectivity index (χ1v) is 8.65. The maximum atomic E-state index is 12.8. The van der Waals surface area contributed by atoms with Gasteiger partial charge in [-0.25, -0.2) is 0 Å². The molecule has 26 heavy (non-hydrogen) atoms. The van der Waals surface area contributed by atoms with Crippen LogP contribution in [0.25, 0.3) is 0 Å². The Balaban J connectivity index is 1.84. The molecule has 7 heteroatoms. The molecular formula is C19H22N4O3. The van der Waals surface area contributed by atoms with Crippen molar-refractivity contribution in [2.24, 2.45) is 0 Å². The number of hydrogen-bond donors (Lipinski definition) is 2. The first-order valence-electron chi connectivity index (χ1n) is 8.65. The smallest absolute Gasteiger partial charge is 0.293 e. The van der Waals surface area contributed by atoms with Crippen molar-refractivity contribution in [1.29, 1.82) is 0 Å². The third-order valence-corrected chi connectivity index (χ3v) is 4.61. The second-order valence-electron chi connectivity index (χ2n) is 6.36. The van der Waals surface area contributed by atoms with E-state index in [0.29, 0.717) is 24.3 Å². The first-order chi connectivity index (χ1) is 12.6. The SMILES string of the molecule is CNC1CCCN(C(=O)c2ccc(Nc3ccccc3)c([N+](=O)[O-])c2)C1. The van der Waals surface area contributed by atoms with Gasteiger partial charge in [-0.1, -0.05) is 18.2 Å². The Kier molecular flexibility index (Phi) is 5.48. The highest BCUT2D eigenvalue weighted by molar-refractivity contribution is 5.96. The van der Waals surface area contributed by atoms with Crippen LogP contribution in [0.4, 0.5) is 17.1 Å². The van der Waals surface area contributed by atoms with Crippen LogP contribution in [0.15, 0.2) is 48.5 Å². The van der Waals surface area contributed by atoms with E-state index in [9.17, 15) is 14.9 Å². The predicted molar refractivity (Wildman–Crippen MR) is 101 cm³/mol. The lowest BCUT2D eigenvalue weighted by Gasteiger charge is -2.32. The Morgan fingerprint density at radius 1 is 1.23 bits per heavy atom. The molecule has 0 aromatic heterocycles. The fraction of sp³-hybridized carbons (Fsp3) is 0.316. The van der Waals surface area contributed by atoms with E-state index in [-0.39, 0.29) is 17.6 Å². The van der Waals surface area contributed by atoms with Crippen LogP contribution in [0.2, 0.25) is 0 Å². The lowest BCUT2D eigenvalue weighted by Crippen LogP contribution is -2.46. The molecule has 2 N–H and O–H groups in total. The number of anilines is 2. The molecule has 1 aliphatic rings. The molecule has 1 saturated heterocycles. The average Bonchev–Trinajstić information content (AvgIpc) is 2.68. The van der Waals surface area contributed by atoms with Crippen LogP contribution < -0.4 is 10.6 Å². The first kappa shape index (κ1) is 17.9. The molecule has 136 valence electrons. The van der Waals surface area contributed by atoms with Crippen molar-refractivity contribution in [1.82, 2.24) is 10.2 Å². The van der Waals surface area contributed by atoms with E-state index in [1.807, 2.05) is 37.4 Å². The molecule has 0 radical (unpaired) electrons. The molecule has 1 amide bonds. The van der Waals surface area contributed by atoms with Crippen molar-refractivity contribution in [3.63, 3.8) is 0 Å². The maximum absolute atomic E-state index is 12.8. The maximum Gasteiger partial charge on any atom is 0.293 e. The number of benzene rings is 2. The predicted octanol–water partition coefficient (Wildman–Crippen LogP) is 3.16. The van der Waals surface area contributed by atoms with Crippen LogP contribution in [0.3, 0.4) is 0 Å². The summed E-state index contributed by atoms with van der Waals surface area (Å²) in [6.07, 6.45) is 1.95. The molecule has 3 rings (SSSR count). The molecule has 1 atom stereocenters. The van der Waals surface area contributed by atoms with Crippen LogP contribution in [-0.2, 0) is 0 Å². The summed E-state index contributed by atoms with van der Waals surface area (Å²) >= 11 is 0. The quantitative estimate of drug-likeness (QED) is 0.636. The number of carbonyl (C=O) groups excluding carboxylic acids is 1. The highest BCUT2D eigenvalue weighted by atomic mass is 16.6. The van der Waals surface area contributed by atoms with Crippen LogP contribution >= 0.6 is 0 Å². The minimum Gasteiger partial charge on any atom is -0.350 e. The van der Waals surface area contributed by atoms with Crippen molar-refractivity contribution in [2.45, 2.75) is 18.9 Å². The Hall–Kier alpha value is -2.93. The van der Waals surface area contributed by atoms with Gasteiger partial charge in [-0.3, -0.25) is 14.9 Å². The Bertz CT molecular complexity index is 795. The third kappa shape index (κ3) is 4.00. The van der Waals surface area contributed by atoms with E-state index in [0.717, 1.165) is 18.5 Å². The number of likely N-dealkylation sites (N-methyl/N-ethyl adjacent to an activating group) is 1. The molecule has 0 spiro atoms. The molecule has 2 aromatic carbocycles. The number of nitro groups is 1. The summed E-state index contributed by atoms with van der Waals surface area (Å²) in [4.78, 5) is 25.5.